The van der Waals surface area contributed by atoms with Gasteiger partial charge in [0.25, 0.3) is 0 Å². The normalized spacial score (nSPS) is 17.9. The van der Waals surface area contributed by atoms with Gasteiger partial charge in [-0.15, -0.1) is 0 Å². The molecule has 0 unspecified atom stereocenters. The first-order valence-corrected chi connectivity index (χ1v) is 11.0. The highest BCUT2D eigenvalue weighted by Crippen LogP contribution is 2.26. The van der Waals surface area contributed by atoms with Gasteiger partial charge in [0.05, 0.1) is 17.4 Å². The number of amides is 1. The number of carbonyl (C=O) groups excluding carboxylic acids is 1. The zero-order valence-electron chi connectivity index (χ0n) is 15.6. The number of anilines is 1. The fraction of sp³-hybridized carbons (Fsp3) is 0.350. The van der Waals surface area contributed by atoms with Gasteiger partial charge in [-0.25, -0.2) is 8.42 Å². The Kier molecular flexibility index (Phi) is 6.59. The predicted molar refractivity (Wildman–Crippen MR) is 109 cm³/mol. The number of rotatable bonds is 6. The fourth-order valence-electron chi connectivity index (χ4n) is 3.21. The topological polar surface area (TPSA) is 75.7 Å². The van der Waals surface area contributed by atoms with Crippen molar-refractivity contribution in [2.24, 2.45) is 5.92 Å². The van der Waals surface area contributed by atoms with Crippen LogP contribution in [0.5, 0.6) is 5.75 Å². The van der Waals surface area contributed by atoms with Gasteiger partial charge < -0.3 is 10.1 Å². The van der Waals surface area contributed by atoms with Crippen LogP contribution in [-0.4, -0.2) is 38.3 Å². The molecule has 1 heterocycles. The number of halogens is 1. The quantitative estimate of drug-likeness (QED) is 0.768. The molecule has 1 saturated heterocycles. The number of piperidine rings is 1. The van der Waals surface area contributed by atoms with E-state index in [1.807, 2.05) is 6.92 Å². The maximum absolute atomic E-state index is 13.0. The molecule has 3 rings (SSSR count). The highest BCUT2D eigenvalue weighted by molar-refractivity contribution is 7.89. The Morgan fingerprint density at radius 2 is 2.00 bits per heavy atom. The number of nitrogens with zero attached hydrogens (tertiary/aromatic N) is 1. The van der Waals surface area contributed by atoms with E-state index in [-0.39, 0.29) is 17.3 Å². The van der Waals surface area contributed by atoms with Crippen molar-refractivity contribution in [3.63, 3.8) is 0 Å². The lowest BCUT2D eigenvalue weighted by atomic mass is 9.99. The van der Waals surface area contributed by atoms with Gasteiger partial charge in [-0.2, -0.15) is 4.31 Å². The van der Waals surface area contributed by atoms with Crippen molar-refractivity contribution >= 4 is 33.2 Å². The molecule has 8 heteroatoms. The summed E-state index contributed by atoms with van der Waals surface area (Å²) >= 11 is 5.95. The molecule has 0 saturated carbocycles. The first-order valence-electron chi connectivity index (χ1n) is 9.19. The minimum Gasteiger partial charge on any atom is -0.494 e. The second-order valence-corrected chi connectivity index (χ2v) is 8.98. The molecule has 1 fully saturated rings. The van der Waals surface area contributed by atoms with E-state index in [0.29, 0.717) is 42.5 Å². The summed E-state index contributed by atoms with van der Waals surface area (Å²) < 4.78 is 32.7. The monoisotopic (exact) mass is 422 g/mol. The van der Waals surface area contributed by atoms with Gasteiger partial charge in [-0.1, -0.05) is 17.7 Å². The summed E-state index contributed by atoms with van der Waals surface area (Å²) in [6.07, 6.45) is 1.27. The van der Waals surface area contributed by atoms with E-state index in [4.69, 9.17) is 16.3 Å². The Labute approximate surface area is 170 Å². The number of ether oxygens (including phenoxy) is 1. The number of hydrogen-bond donors (Lipinski definition) is 1. The summed E-state index contributed by atoms with van der Waals surface area (Å²) in [5, 5.41) is 3.35. The molecule has 0 spiro atoms. The average molecular weight is 423 g/mol. The fourth-order valence-corrected chi connectivity index (χ4v) is 4.92. The molecule has 0 radical (unpaired) electrons. The maximum atomic E-state index is 13.0. The van der Waals surface area contributed by atoms with E-state index in [1.54, 1.807) is 36.4 Å². The Balaban J connectivity index is 1.70. The van der Waals surface area contributed by atoms with Crippen LogP contribution < -0.4 is 10.1 Å². The largest absolute Gasteiger partial charge is 0.494 e. The second kappa shape index (κ2) is 8.94. The molecule has 1 aliphatic rings. The van der Waals surface area contributed by atoms with E-state index >= 15 is 0 Å². The molecule has 0 aliphatic carbocycles. The van der Waals surface area contributed by atoms with Gasteiger partial charge >= 0.3 is 0 Å². The van der Waals surface area contributed by atoms with Crippen molar-refractivity contribution in [2.45, 2.75) is 24.7 Å². The van der Waals surface area contributed by atoms with Crippen molar-refractivity contribution in [3.05, 3.63) is 53.6 Å². The first kappa shape index (κ1) is 20.6. The number of nitrogens with one attached hydrogen (secondary N) is 1. The van der Waals surface area contributed by atoms with Crippen LogP contribution in [0.4, 0.5) is 5.69 Å². The van der Waals surface area contributed by atoms with Crippen LogP contribution in [0.3, 0.4) is 0 Å². The lowest BCUT2D eigenvalue weighted by Gasteiger charge is -2.31. The number of hydrogen-bond acceptors (Lipinski definition) is 4. The Hall–Kier alpha value is -2.09. The van der Waals surface area contributed by atoms with Gasteiger partial charge in [0.2, 0.25) is 15.9 Å². The van der Waals surface area contributed by atoms with Crippen molar-refractivity contribution in [1.82, 2.24) is 4.31 Å². The highest BCUT2D eigenvalue weighted by atomic mass is 35.5. The van der Waals surface area contributed by atoms with E-state index in [0.717, 1.165) is 0 Å². The minimum atomic E-state index is -3.66. The molecular formula is C20H23ClN2O4S. The predicted octanol–water partition coefficient (Wildman–Crippen LogP) is 3.78. The zero-order valence-corrected chi connectivity index (χ0v) is 17.2. The molecule has 2 aromatic carbocycles. The summed E-state index contributed by atoms with van der Waals surface area (Å²) in [5.74, 6) is 0.0120. The number of carbonyl (C=O) groups is 1. The third kappa shape index (κ3) is 4.84. The Morgan fingerprint density at radius 1 is 1.25 bits per heavy atom. The average Bonchev–Trinajstić information content (AvgIpc) is 2.69. The zero-order chi connectivity index (χ0) is 20.1. The molecule has 28 heavy (non-hydrogen) atoms. The molecule has 2 aromatic rings. The SMILES string of the molecule is CCOc1ccc(S(=O)(=O)N2CCC[C@@H](C(=O)Nc3cccc(Cl)c3)C2)cc1. The summed E-state index contributed by atoms with van der Waals surface area (Å²) in [4.78, 5) is 12.8. The van der Waals surface area contributed by atoms with Gasteiger partial charge in [-0.3, -0.25) is 4.79 Å². The minimum absolute atomic E-state index is 0.155. The van der Waals surface area contributed by atoms with E-state index < -0.39 is 15.9 Å². The number of benzene rings is 2. The van der Waals surface area contributed by atoms with Crippen LogP contribution in [0.1, 0.15) is 19.8 Å². The van der Waals surface area contributed by atoms with Gasteiger partial charge in [-0.05, 0) is 62.2 Å². The van der Waals surface area contributed by atoms with Crippen LogP contribution in [0.25, 0.3) is 0 Å². The van der Waals surface area contributed by atoms with Crippen LogP contribution >= 0.6 is 11.6 Å². The third-order valence-electron chi connectivity index (χ3n) is 4.62. The van der Waals surface area contributed by atoms with Gasteiger partial charge in [0, 0.05) is 23.8 Å². The van der Waals surface area contributed by atoms with E-state index in [1.165, 1.54) is 16.4 Å². The molecule has 150 valence electrons. The highest BCUT2D eigenvalue weighted by Gasteiger charge is 2.33. The lowest BCUT2D eigenvalue weighted by Crippen LogP contribution is -2.43. The van der Waals surface area contributed by atoms with Crippen molar-refractivity contribution in [2.75, 3.05) is 25.0 Å². The Bertz CT molecular complexity index is 931. The molecule has 1 aliphatic heterocycles. The van der Waals surface area contributed by atoms with Crippen LogP contribution in [0, 0.1) is 5.92 Å². The van der Waals surface area contributed by atoms with Crippen LogP contribution in [-0.2, 0) is 14.8 Å². The molecular weight excluding hydrogens is 400 g/mol. The Morgan fingerprint density at radius 3 is 2.68 bits per heavy atom. The first-order chi connectivity index (χ1) is 13.4. The van der Waals surface area contributed by atoms with Crippen LogP contribution in [0.15, 0.2) is 53.4 Å². The molecule has 0 bridgehead atoms. The smallest absolute Gasteiger partial charge is 0.243 e. The van der Waals surface area contributed by atoms with Gasteiger partial charge in [0.1, 0.15) is 5.75 Å². The standard InChI is InChI=1S/C20H23ClN2O4S/c1-2-27-18-8-10-19(11-9-18)28(25,26)23-12-4-5-15(14-23)20(24)22-17-7-3-6-16(21)13-17/h3,6-11,13,15H,2,4-5,12,14H2,1H3,(H,22,24)/t15-/m1/s1. The van der Waals surface area contributed by atoms with Crippen LogP contribution in [0.2, 0.25) is 5.02 Å². The second-order valence-electron chi connectivity index (χ2n) is 6.61. The van der Waals surface area contributed by atoms with Gasteiger partial charge in [0.15, 0.2) is 0 Å². The number of sulfonamides is 1. The van der Waals surface area contributed by atoms with E-state index in [9.17, 15) is 13.2 Å². The summed E-state index contributed by atoms with van der Waals surface area (Å²) in [7, 11) is -3.66. The maximum Gasteiger partial charge on any atom is 0.243 e. The lowest BCUT2D eigenvalue weighted by molar-refractivity contribution is -0.120. The molecule has 0 aromatic heterocycles. The molecule has 1 amide bonds. The van der Waals surface area contributed by atoms with Crippen molar-refractivity contribution in [3.8, 4) is 5.75 Å². The van der Waals surface area contributed by atoms with Crippen molar-refractivity contribution in [1.29, 1.82) is 0 Å². The molecule has 1 N–H and O–H groups in total. The summed E-state index contributed by atoms with van der Waals surface area (Å²) in [6, 6.07) is 13.3. The molecule has 6 nitrogen and oxygen atoms in total. The summed E-state index contributed by atoms with van der Waals surface area (Å²) in [6.45, 7) is 2.94. The van der Waals surface area contributed by atoms with Crippen molar-refractivity contribution < 1.29 is 17.9 Å². The summed E-state index contributed by atoms with van der Waals surface area (Å²) in [5.41, 5.74) is 0.601. The molecule has 1 atom stereocenters. The third-order valence-corrected chi connectivity index (χ3v) is 6.73. The van der Waals surface area contributed by atoms with E-state index in [2.05, 4.69) is 5.32 Å².